The number of carbonyl (C=O) groups excluding carboxylic acids is 2. The van der Waals surface area contributed by atoms with Crippen molar-refractivity contribution in [3.8, 4) is 17.2 Å². The Morgan fingerprint density at radius 1 is 1.09 bits per heavy atom. The highest BCUT2D eigenvalue weighted by molar-refractivity contribution is 8.00. The number of nitrogens with zero attached hydrogens (tertiary/aromatic N) is 3. The van der Waals surface area contributed by atoms with Gasteiger partial charge in [-0.25, -0.2) is 0 Å². The Morgan fingerprint density at radius 3 is 2.70 bits per heavy atom. The lowest BCUT2D eigenvalue weighted by Crippen LogP contribution is -2.29. The zero-order valence-electron chi connectivity index (χ0n) is 22.9. The lowest BCUT2D eigenvalue weighted by Gasteiger charge is -2.23. The number of benzene rings is 3. The summed E-state index contributed by atoms with van der Waals surface area (Å²) in [6.07, 6.45) is 1.61. The fraction of sp³-hybridized carbons (Fsp3) is 0.161. The van der Waals surface area contributed by atoms with E-state index in [2.05, 4.69) is 16.8 Å². The van der Waals surface area contributed by atoms with Crippen molar-refractivity contribution in [2.24, 2.45) is 0 Å². The second kappa shape index (κ2) is 12.9. The van der Waals surface area contributed by atoms with Crippen LogP contribution in [0.3, 0.4) is 0 Å². The molecule has 2 aliphatic rings. The van der Waals surface area contributed by atoms with Crippen LogP contribution in [0.5, 0.6) is 17.2 Å². The number of ketones is 1. The van der Waals surface area contributed by atoms with Gasteiger partial charge in [0.25, 0.3) is 5.78 Å². The van der Waals surface area contributed by atoms with Crippen molar-refractivity contribution >= 4 is 68.9 Å². The van der Waals surface area contributed by atoms with Gasteiger partial charge in [-0.3, -0.25) is 14.5 Å². The molecular weight excluding hydrogens is 645 g/mol. The first-order valence-electron chi connectivity index (χ1n) is 13.3. The number of amides is 1. The molecule has 1 N–H and O–H groups in total. The molecule has 0 aliphatic carbocycles. The van der Waals surface area contributed by atoms with Gasteiger partial charge in [0, 0.05) is 21.4 Å². The Morgan fingerprint density at radius 2 is 1.91 bits per heavy atom. The molecule has 1 amide bonds. The van der Waals surface area contributed by atoms with Gasteiger partial charge in [0.2, 0.25) is 5.13 Å². The molecule has 0 radical (unpaired) electrons. The van der Waals surface area contributed by atoms with Gasteiger partial charge in [0.1, 0.15) is 31.3 Å². The van der Waals surface area contributed by atoms with E-state index in [1.54, 1.807) is 60.7 Å². The molecule has 9 nitrogen and oxygen atoms in total. The molecule has 0 saturated carbocycles. The summed E-state index contributed by atoms with van der Waals surface area (Å²) in [5.41, 5.74) is 1.57. The Labute approximate surface area is 270 Å². The number of aliphatic hydroxyl groups excluding tert-OH is 1. The van der Waals surface area contributed by atoms with Crippen LogP contribution in [0.15, 0.2) is 83.2 Å². The van der Waals surface area contributed by atoms with Gasteiger partial charge in [0.05, 0.1) is 11.6 Å². The lowest BCUT2D eigenvalue weighted by atomic mass is 9.95. The maximum Gasteiger partial charge on any atom is 0.301 e. The van der Waals surface area contributed by atoms with Crippen molar-refractivity contribution in [3.63, 3.8) is 0 Å². The summed E-state index contributed by atoms with van der Waals surface area (Å²) in [4.78, 5) is 28.5. The van der Waals surface area contributed by atoms with Crippen LogP contribution in [0, 0.1) is 0 Å². The normalized spacial score (nSPS) is 17.1. The summed E-state index contributed by atoms with van der Waals surface area (Å²) in [5, 5.41) is 21.3. The third-order valence-corrected chi connectivity index (χ3v) is 9.46. The standard InChI is InChI=1S/C31H23Cl2N3O6S2/c1-2-10-40-21-5-3-4-17(13-21)26-25(27(37)18-7-9-23-24(14-18)42-12-11-41-23)28(38)29(39)36(26)30-34-35-31(44-30)43-16-19-6-8-20(32)15-22(19)33/h2-9,13-15,26,37H,1,10-12,16H2. The SMILES string of the molecule is C=CCOc1cccc(C2C(=C(O)c3ccc4c(c3)OCCO4)C(=O)C(=O)N2c2nnc(SCc3ccc(Cl)cc3Cl)s2)c1. The fourth-order valence-corrected chi connectivity index (χ4v) is 7.18. The molecule has 1 aromatic heterocycles. The molecule has 0 bridgehead atoms. The number of rotatable bonds is 9. The molecule has 44 heavy (non-hydrogen) atoms. The van der Waals surface area contributed by atoms with Gasteiger partial charge in [-0.05, 0) is 53.6 Å². The second-order valence-corrected chi connectivity index (χ2v) is 12.6. The average Bonchev–Trinajstić information content (AvgIpc) is 3.60. The van der Waals surface area contributed by atoms with Crippen LogP contribution in [0.1, 0.15) is 22.7 Å². The summed E-state index contributed by atoms with van der Waals surface area (Å²) in [7, 11) is 0. The molecule has 1 unspecified atom stereocenters. The van der Waals surface area contributed by atoms with E-state index in [0.29, 0.717) is 61.7 Å². The Bertz CT molecular complexity index is 1810. The van der Waals surface area contributed by atoms with E-state index in [0.717, 1.165) is 16.9 Å². The monoisotopic (exact) mass is 667 g/mol. The molecular formula is C31H23Cl2N3O6S2. The number of aliphatic hydroxyl groups is 1. The zero-order valence-corrected chi connectivity index (χ0v) is 26.0. The summed E-state index contributed by atoms with van der Waals surface area (Å²) < 4.78 is 17.5. The van der Waals surface area contributed by atoms with Crippen molar-refractivity contribution in [2.45, 2.75) is 16.1 Å². The minimum Gasteiger partial charge on any atom is -0.507 e. The Kier molecular flexibility index (Phi) is 8.81. The highest BCUT2D eigenvalue weighted by Crippen LogP contribution is 2.45. The highest BCUT2D eigenvalue weighted by atomic mass is 35.5. The number of thioether (sulfide) groups is 1. The summed E-state index contributed by atoms with van der Waals surface area (Å²) in [6.45, 7) is 4.69. The minimum absolute atomic E-state index is 0.107. The van der Waals surface area contributed by atoms with Gasteiger partial charge in [0.15, 0.2) is 15.8 Å². The van der Waals surface area contributed by atoms with Crippen LogP contribution in [-0.2, 0) is 15.3 Å². The van der Waals surface area contributed by atoms with E-state index in [-0.39, 0.29) is 23.1 Å². The predicted octanol–water partition coefficient (Wildman–Crippen LogP) is 7.10. The van der Waals surface area contributed by atoms with E-state index in [1.165, 1.54) is 16.7 Å². The number of fused-ring (bicyclic) bond motifs is 1. The van der Waals surface area contributed by atoms with Crippen molar-refractivity contribution < 1.29 is 28.9 Å². The molecule has 6 rings (SSSR count). The number of Topliss-reactive ketones (excluding diaryl/α,β-unsaturated/α-hetero) is 1. The van der Waals surface area contributed by atoms with Crippen LogP contribution < -0.4 is 19.1 Å². The van der Waals surface area contributed by atoms with Crippen LogP contribution in [0.2, 0.25) is 10.0 Å². The van der Waals surface area contributed by atoms with E-state index in [9.17, 15) is 14.7 Å². The molecule has 224 valence electrons. The quantitative estimate of drug-likeness (QED) is 0.0499. The maximum absolute atomic E-state index is 13.6. The largest absolute Gasteiger partial charge is 0.507 e. The van der Waals surface area contributed by atoms with Crippen LogP contribution >= 0.6 is 46.3 Å². The van der Waals surface area contributed by atoms with Crippen molar-refractivity contribution in [2.75, 3.05) is 24.7 Å². The summed E-state index contributed by atoms with van der Waals surface area (Å²) in [6, 6.07) is 16.0. The number of anilines is 1. The number of hydrogen-bond acceptors (Lipinski definition) is 10. The molecule has 13 heteroatoms. The third-order valence-electron chi connectivity index (χ3n) is 6.77. The maximum atomic E-state index is 13.6. The molecule has 1 atom stereocenters. The van der Waals surface area contributed by atoms with Crippen LogP contribution in [0.4, 0.5) is 5.13 Å². The fourth-order valence-electron chi connectivity index (χ4n) is 4.76. The predicted molar refractivity (Wildman–Crippen MR) is 170 cm³/mol. The van der Waals surface area contributed by atoms with Gasteiger partial charge < -0.3 is 19.3 Å². The Hall–Kier alpha value is -4.03. The van der Waals surface area contributed by atoms with Gasteiger partial charge in [-0.1, -0.05) is 77.2 Å². The Balaban J connectivity index is 1.39. The minimum atomic E-state index is -1.02. The molecule has 3 heterocycles. The van der Waals surface area contributed by atoms with Gasteiger partial charge >= 0.3 is 5.91 Å². The molecule has 0 spiro atoms. The average molecular weight is 669 g/mol. The smallest absolute Gasteiger partial charge is 0.301 e. The van der Waals surface area contributed by atoms with E-state index >= 15 is 0 Å². The second-order valence-electron chi connectivity index (χ2n) is 9.57. The van der Waals surface area contributed by atoms with Crippen molar-refractivity contribution in [1.29, 1.82) is 0 Å². The van der Waals surface area contributed by atoms with Crippen molar-refractivity contribution in [3.05, 3.63) is 106 Å². The molecule has 1 saturated heterocycles. The number of ether oxygens (including phenoxy) is 3. The van der Waals surface area contributed by atoms with E-state index < -0.39 is 17.7 Å². The molecule has 2 aliphatic heterocycles. The van der Waals surface area contributed by atoms with E-state index in [4.69, 9.17) is 37.4 Å². The number of hydrogen-bond donors (Lipinski definition) is 1. The number of halogens is 2. The van der Waals surface area contributed by atoms with Crippen LogP contribution in [-0.4, -0.2) is 46.8 Å². The first-order chi connectivity index (χ1) is 21.3. The molecule has 1 fully saturated rings. The number of aromatic nitrogens is 2. The zero-order chi connectivity index (χ0) is 30.8. The topological polar surface area (TPSA) is 111 Å². The first kappa shape index (κ1) is 30.0. The summed E-state index contributed by atoms with van der Waals surface area (Å²) in [5.74, 6) is -0.132. The first-order valence-corrected chi connectivity index (χ1v) is 15.8. The molecule has 3 aromatic carbocycles. The van der Waals surface area contributed by atoms with Gasteiger partial charge in [-0.2, -0.15) is 0 Å². The van der Waals surface area contributed by atoms with Crippen LogP contribution in [0.25, 0.3) is 5.76 Å². The summed E-state index contributed by atoms with van der Waals surface area (Å²) >= 11 is 14.9. The van der Waals surface area contributed by atoms with Gasteiger partial charge in [-0.15, -0.1) is 10.2 Å². The third kappa shape index (κ3) is 6.00. The van der Waals surface area contributed by atoms with Crippen molar-refractivity contribution in [1.82, 2.24) is 10.2 Å². The highest BCUT2D eigenvalue weighted by Gasteiger charge is 2.48. The van der Waals surface area contributed by atoms with E-state index in [1.807, 2.05) is 6.07 Å². The number of carbonyl (C=O) groups is 2. The molecule has 4 aromatic rings. The lowest BCUT2D eigenvalue weighted by molar-refractivity contribution is -0.132.